The molecule has 0 bridgehead atoms. The second-order valence-corrected chi connectivity index (χ2v) is 6.26. The van der Waals surface area contributed by atoms with Crippen LogP contribution in [0, 0.1) is 0 Å². The van der Waals surface area contributed by atoms with Crippen LogP contribution < -0.4 is 10.6 Å². The molecule has 2 amide bonds. The topological polar surface area (TPSA) is 61.4 Å². The number of carbonyl (C=O) groups excluding carboxylic acids is 2. The number of hydrogen-bond donors (Lipinski definition) is 2. The molecule has 2 aromatic rings. The van der Waals surface area contributed by atoms with Crippen LogP contribution in [-0.4, -0.2) is 36.3 Å². The third-order valence-electron chi connectivity index (χ3n) is 4.54. The smallest absolute Gasteiger partial charge is 0.251 e. The van der Waals surface area contributed by atoms with Gasteiger partial charge in [-0.25, -0.2) is 0 Å². The average Bonchev–Trinajstić information content (AvgIpc) is 3.11. The van der Waals surface area contributed by atoms with Gasteiger partial charge in [0.1, 0.15) is 0 Å². The molecule has 5 heteroatoms. The highest BCUT2D eigenvalue weighted by atomic mass is 16.2. The van der Waals surface area contributed by atoms with Crippen molar-refractivity contribution in [2.75, 3.05) is 18.9 Å². The van der Waals surface area contributed by atoms with Gasteiger partial charge in [-0.05, 0) is 49.2 Å². The molecule has 3 rings (SSSR count). The number of nitrogens with one attached hydrogen (secondary N) is 2. The maximum absolute atomic E-state index is 12.7. The largest absolute Gasteiger partial charge is 0.355 e. The first-order valence-corrected chi connectivity index (χ1v) is 8.58. The number of nitrogens with zero attached hydrogens (tertiary/aromatic N) is 1. The zero-order valence-electron chi connectivity index (χ0n) is 14.4. The summed E-state index contributed by atoms with van der Waals surface area (Å²) >= 11 is 0. The normalized spacial score (nSPS) is 17.2. The summed E-state index contributed by atoms with van der Waals surface area (Å²) < 4.78 is 0. The number of likely N-dealkylation sites (tertiary alicyclic amines) is 1. The lowest BCUT2D eigenvalue weighted by molar-refractivity contribution is -0.120. The highest BCUT2D eigenvalue weighted by Crippen LogP contribution is 2.22. The molecule has 0 saturated carbocycles. The minimum Gasteiger partial charge on any atom is -0.355 e. The van der Waals surface area contributed by atoms with Crippen LogP contribution in [0.4, 0.5) is 5.69 Å². The molecule has 0 aromatic heterocycles. The predicted octanol–water partition coefficient (Wildman–Crippen LogP) is 2.65. The predicted molar refractivity (Wildman–Crippen MR) is 98.3 cm³/mol. The van der Waals surface area contributed by atoms with Crippen molar-refractivity contribution in [1.29, 1.82) is 0 Å². The average molecular weight is 337 g/mol. The second kappa shape index (κ2) is 7.94. The molecule has 1 atom stereocenters. The lowest BCUT2D eigenvalue weighted by Gasteiger charge is -2.23. The van der Waals surface area contributed by atoms with Crippen LogP contribution in [0.2, 0.25) is 0 Å². The maximum atomic E-state index is 12.7. The molecule has 1 heterocycles. The fourth-order valence-corrected chi connectivity index (χ4v) is 3.21. The zero-order chi connectivity index (χ0) is 17.6. The van der Waals surface area contributed by atoms with Gasteiger partial charge >= 0.3 is 0 Å². The molecule has 25 heavy (non-hydrogen) atoms. The quantitative estimate of drug-likeness (QED) is 0.882. The van der Waals surface area contributed by atoms with Crippen molar-refractivity contribution in [3.05, 3.63) is 65.7 Å². The fraction of sp³-hybridized carbons (Fsp3) is 0.300. The second-order valence-electron chi connectivity index (χ2n) is 6.26. The highest BCUT2D eigenvalue weighted by molar-refractivity contribution is 5.97. The third-order valence-corrected chi connectivity index (χ3v) is 4.54. The van der Waals surface area contributed by atoms with E-state index in [1.54, 1.807) is 31.3 Å². The van der Waals surface area contributed by atoms with Gasteiger partial charge in [0, 0.05) is 24.8 Å². The summed E-state index contributed by atoms with van der Waals surface area (Å²) in [6, 6.07) is 17.1. The first kappa shape index (κ1) is 17.2. The van der Waals surface area contributed by atoms with Crippen LogP contribution in [0.3, 0.4) is 0 Å². The van der Waals surface area contributed by atoms with Gasteiger partial charge in [-0.1, -0.05) is 30.3 Å². The first-order valence-electron chi connectivity index (χ1n) is 8.58. The lowest BCUT2D eigenvalue weighted by atomic mass is 10.1. The molecular formula is C20H23N3O2. The Morgan fingerprint density at radius 1 is 1.08 bits per heavy atom. The van der Waals surface area contributed by atoms with E-state index >= 15 is 0 Å². The van der Waals surface area contributed by atoms with Gasteiger partial charge in [0.2, 0.25) is 5.91 Å². The molecule has 0 aliphatic carbocycles. The molecule has 1 aliphatic heterocycles. The Morgan fingerprint density at radius 2 is 1.80 bits per heavy atom. The molecule has 1 aliphatic rings. The van der Waals surface area contributed by atoms with E-state index in [1.807, 2.05) is 18.2 Å². The van der Waals surface area contributed by atoms with Gasteiger partial charge in [0.05, 0.1) is 6.04 Å². The molecular weight excluding hydrogens is 314 g/mol. The van der Waals surface area contributed by atoms with Crippen molar-refractivity contribution in [3.8, 4) is 0 Å². The van der Waals surface area contributed by atoms with Crippen LogP contribution >= 0.6 is 0 Å². The summed E-state index contributed by atoms with van der Waals surface area (Å²) in [6.07, 6.45) is 1.90. The van der Waals surface area contributed by atoms with Gasteiger partial charge < -0.3 is 10.6 Å². The molecule has 2 N–H and O–H groups in total. The van der Waals surface area contributed by atoms with Crippen molar-refractivity contribution in [1.82, 2.24) is 10.2 Å². The van der Waals surface area contributed by atoms with Gasteiger partial charge in [0.15, 0.2) is 0 Å². The van der Waals surface area contributed by atoms with Crippen LogP contribution in [0.15, 0.2) is 54.6 Å². The monoisotopic (exact) mass is 337 g/mol. The van der Waals surface area contributed by atoms with Gasteiger partial charge in [-0.2, -0.15) is 0 Å². The van der Waals surface area contributed by atoms with E-state index in [0.717, 1.165) is 25.9 Å². The number of benzene rings is 2. The van der Waals surface area contributed by atoms with Gasteiger partial charge in [-0.3, -0.25) is 14.5 Å². The summed E-state index contributed by atoms with van der Waals surface area (Å²) in [7, 11) is 1.60. The van der Waals surface area contributed by atoms with E-state index in [1.165, 1.54) is 5.56 Å². The minimum atomic E-state index is -0.136. The SMILES string of the molecule is CNC(=O)c1ccc(NC(=O)C2CCCN2Cc2ccccc2)cc1. The molecule has 5 nitrogen and oxygen atoms in total. The Kier molecular flexibility index (Phi) is 5.46. The molecule has 0 radical (unpaired) electrons. The summed E-state index contributed by atoms with van der Waals surface area (Å²) in [5.74, 6) is -0.121. The minimum absolute atomic E-state index is 0.0149. The number of rotatable bonds is 5. The van der Waals surface area contributed by atoms with E-state index in [2.05, 4.69) is 27.7 Å². The van der Waals surface area contributed by atoms with E-state index < -0.39 is 0 Å². The molecule has 0 spiro atoms. The van der Waals surface area contributed by atoms with Crippen molar-refractivity contribution in [3.63, 3.8) is 0 Å². The third kappa shape index (κ3) is 4.25. The molecule has 1 fully saturated rings. The Balaban J connectivity index is 1.62. The van der Waals surface area contributed by atoms with Gasteiger partial charge in [-0.15, -0.1) is 0 Å². The number of anilines is 1. The number of amides is 2. The summed E-state index contributed by atoms with van der Waals surface area (Å²) in [5, 5.41) is 5.55. The Labute approximate surface area is 148 Å². The summed E-state index contributed by atoms with van der Waals surface area (Å²) in [4.78, 5) is 26.5. The van der Waals surface area contributed by atoms with Crippen molar-refractivity contribution in [2.24, 2.45) is 0 Å². The summed E-state index contributed by atoms with van der Waals surface area (Å²) in [5.41, 5.74) is 2.51. The van der Waals surface area contributed by atoms with Crippen molar-refractivity contribution >= 4 is 17.5 Å². The van der Waals surface area contributed by atoms with Crippen molar-refractivity contribution < 1.29 is 9.59 Å². The Morgan fingerprint density at radius 3 is 2.48 bits per heavy atom. The van der Waals surface area contributed by atoms with Crippen LogP contribution in [0.5, 0.6) is 0 Å². The number of carbonyl (C=O) groups is 2. The number of hydrogen-bond acceptors (Lipinski definition) is 3. The zero-order valence-corrected chi connectivity index (χ0v) is 14.4. The van der Waals surface area contributed by atoms with Gasteiger partial charge in [0.25, 0.3) is 5.91 Å². The van der Waals surface area contributed by atoms with E-state index in [0.29, 0.717) is 11.3 Å². The summed E-state index contributed by atoms with van der Waals surface area (Å²) in [6.45, 7) is 1.72. The van der Waals surface area contributed by atoms with E-state index in [-0.39, 0.29) is 17.9 Å². The van der Waals surface area contributed by atoms with E-state index in [9.17, 15) is 9.59 Å². The standard InChI is InChI=1S/C20H23N3O2/c1-21-19(24)16-9-11-17(12-10-16)22-20(25)18-8-5-13-23(18)14-15-6-3-2-4-7-15/h2-4,6-7,9-12,18H,5,8,13-14H2,1H3,(H,21,24)(H,22,25). The molecule has 2 aromatic carbocycles. The van der Waals surface area contributed by atoms with Crippen LogP contribution in [-0.2, 0) is 11.3 Å². The van der Waals surface area contributed by atoms with Crippen LogP contribution in [0.25, 0.3) is 0 Å². The fourth-order valence-electron chi connectivity index (χ4n) is 3.21. The molecule has 1 unspecified atom stereocenters. The Hall–Kier alpha value is -2.66. The van der Waals surface area contributed by atoms with E-state index in [4.69, 9.17) is 0 Å². The highest BCUT2D eigenvalue weighted by Gasteiger charge is 2.30. The lowest BCUT2D eigenvalue weighted by Crippen LogP contribution is -2.39. The molecule has 1 saturated heterocycles. The maximum Gasteiger partial charge on any atom is 0.251 e. The first-order chi connectivity index (χ1) is 12.2. The molecule has 130 valence electrons. The van der Waals surface area contributed by atoms with Crippen LogP contribution in [0.1, 0.15) is 28.8 Å². The Bertz CT molecular complexity index is 728. The van der Waals surface area contributed by atoms with Crippen molar-refractivity contribution in [2.45, 2.75) is 25.4 Å².